The van der Waals surface area contributed by atoms with Crippen molar-refractivity contribution in [3.05, 3.63) is 45.1 Å². The van der Waals surface area contributed by atoms with Gasteiger partial charge in [0.05, 0.1) is 29.4 Å². The normalized spacial score (nSPS) is 20.6. The number of carbonyl (C=O) groups excluding carboxylic acids is 2. The molecule has 1 atom stereocenters. The van der Waals surface area contributed by atoms with Crippen LogP contribution in [0.15, 0.2) is 24.3 Å². The van der Waals surface area contributed by atoms with E-state index in [9.17, 15) is 19.7 Å². The Morgan fingerprint density at radius 3 is 2.42 bits per heavy atom. The Bertz CT molecular complexity index is 1260. The van der Waals surface area contributed by atoms with Crippen molar-refractivity contribution in [1.82, 2.24) is 15.1 Å². The number of nitrogens with zero attached hydrogens (tertiary/aromatic N) is 6. The molecule has 0 bridgehead atoms. The third-order valence-electron chi connectivity index (χ3n) is 7.54. The average molecular weight is 576 g/mol. The summed E-state index contributed by atoms with van der Waals surface area (Å²) in [5.74, 6) is -0.633. The number of carbonyl (C=O) groups is 2. The minimum Gasteiger partial charge on any atom is -0.442 e. The molecule has 1 aromatic heterocycles. The molecule has 14 heteroatoms. The number of amides is 2. The fourth-order valence-corrected chi connectivity index (χ4v) is 6.32. The molecule has 12 nitrogen and oxygen atoms in total. The van der Waals surface area contributed by atoms with Crippen molar-refractivity contribution in [3.8, 4) is 0 Å². The van der Waals surface area contributed by atoms with Crippen LogP contribution in [0, 0.1) is 15.9 Å². The van der Waals surface area contributed by atoms with Crippen LogP contribution in [0.2, 0.25) is 0 Å². The molecule has 1 aromatic carbocycles. The Balaban J connectivity index is 1.17. The van der Waals surface area contributed by atoms with Gasteiger partial charge in [-0.3, -0.25) is 24.7 Å². The lowest BCUT2D eigenvalue weighted by Crippen LogP contribution is -2.46. The number of cyclic esters (lactones) is 1. The van der Waals surface area contributed by atoms with Crippen molar-refractivity contribution in [2.75, 3.05) is 87.2 Å². The summed E-state index contributed by atoms with van der Waals surface area (Å²) < 4.78 is 20.5. The highest BCUT2D eigenvalue weighted by Crippen LogP contribution is 2.38. The number of rotatable bonds is 8. The second-order valence-electron chi connectivity index (χ2n) is 10.4. The molecular formula is C26H34FN7O5S. The predicted molar refractivity (Wildman–Crippen MR) is 151 cm³/mol. The molecule has 2 aromatic rings. The van der Waals surface area contributed by atoms with Crippen LogP contribution in [0.5, 0.6) is 0 Å². The van der Waals surface area contributed by atoms with E-state index in [-0.39, 0.29) is 28.9 Å². The summed E-state index contributed by atoms with van der Waals surface area (Å²) in [6.07, 6.45) is -1.06. The van der Waals surface area contributed by atoms with Gasteiger partial charge in [-0.15, -0.1) is 0 Å². The van der Waals surface area contributed by atoms with E-state index in [0.29, 0.717) is 49.8 Å². The Labute approximate surface area is 236 Å². The molecule has 3 fully saturated rings. The van der Waals surface area contributed by atoms with Gasteiger partial charge < -0.3 is 24.8 Å². The molecule has 3 saturated heterocycles. The first kappa shape index (κ1) is 28.1. The summed E-state index contributed by atoms with van der Waals surface area (Å²) in [4.78, 5) is 45.7. The smallest absolute Gasteiger partial charge is 0.414 e. The first-order valence-electron chi connectivity index (χ1n) is 13.4. The van der Waals surface area contributed by atoms with Crippen LogP contribution in [-0.4, -0.2) is 105 Å². The Morgan fingerprint density at radius 1 is 1.10 bits per heavy atom. The van der Waals surface area contributed by atoms with Gasteiger partial charge in [-0.2, -0.15) is 0 Å². The quantitative estimate of drug-likeness (QED) is 0.374. The van der Waals surface area contributed by atoms with Gasteiger partial charge in [0, 0.05) is 70.7 Å². The summed E-state index contributed by atoms with van der Waals surface area (Å²) in [5.41, 5.74) is 1.59. The number of anilines is 3. The van der Waals surface area contributed by atoms with Crippen molar-refractivity contribution in [3.63, 3.8) is 0 Å². The van der Waals surface area contributed by atoms with E-state index in [2.05, 4.69) is 27.1 Å². The first-order chi connectivity index (χ1) is 19.2. The molecule has 1 N–H and O–H groups in total. The lowest BCUT2D eigenvalue weighted by Gasteiger charge is -2.36. The van der Waals surface area contributed by atoms with Gasteiger partial charge in [-0.25, -0.2) is 9.18 Å². The summed E-state index contributed by atoms with van der Waals surface area (Å²) in [5, 5.41) is 14.6. The van der Waals surface area contributed by atoms with Crippen molar-refractivity contribution in [1.29, 1.82) is 0 Å². The lowest BCUT2D eigenvalue weighted by atomic mass is 10.2. The van der Waals surface area contributed by atoms with E-state index in [0.717, 1.165) is 31.1 Å². The number of hydrogen-bond donors (Lipinski definition) is 1. The summed E-state index contributed by atoms with van der Waals surface area (Å²) in [6.45, 7) is 8.35. The summed E-state index contributed by atoms with van der Waals surface area (Å²) in [7, 11) is 2.06. The maximum Gasteiger partial charge on any atom is 0.414 e. The molecule has 0 spiro atoms. The van der Waals surface area contributed by atoms with Gasteiger partial charge in [0.1, 0.15) is 17.6 Å². The van der Waals surface area contributed by atoms with Crippen LogP contribution >= 0.6 is 11.3 Å². The predicted octanol–water partition coefficient (Wildman–Crippen LogP) is 2.33. The minimum atomic E-state index is -0.569. The zero-order valence-corrected chi connectivity index (χ0v) is 23.5. The SMILES string of the molecule is CC(=O)NC[C@H]1CN(c2ccc(N3CCN(Cc4cc(N5CCN(C)CC5)c([N+](=O)[O-])s4)CC3)c(F)c2)C(=O)O1. The lowest BCUT2D eigenvalue weighted by molar-refractivity contribution is -0.379. The standard InChI is InChI=1S/C26H34FN7O5S/c1-18(35)28-15-20-16-33(26(36)39-20)19-3-4-23(22(27)13-19)31-11-7-30(8-12-31)17-21-14-24(25(40-21)34(37)38)32-9-5-29(2)6-10-32/h3-4,13-14,20H,5-12,15-17H2,1-2H3,(H,28,35)/t20-/m0/s1. The molecular weight excluding hydrogens is 541 g/mol. The molecule has 4 heterocycles. The number of nitrogens with one attached hydrogen (secondary N) is 1. The van der Waals surface area contributed by atoms with Crippen LogP contribution in [0.3, 0.4) is 0 Å². The zero-order chi connectivity index (χ0) is 28.4. The topological polar surface area (TPSA) is 115 Å². The minimum absolute atomic E-state index is 0.198. The largest absolute Gasteiger partial charge is 0.442 e. The monoisotopic (exact) mass is 575 g/mol. The number of hydrogen-bond acceptors (Lipinski definition) is 10. The maximum atomic E-state index is 15.2. The summed E-state index contributed by atoms with van der Waals surface area (Å²) in [6, 6.07) is 6.69. The molecule has 3 aliphatic heterocycles. The number of thiophene rings is 1. The fraction of sp³-hybridized carbons (Fsp3) is 0.538. The van der Waals surface area contributed by atoms with Gasteiger partial charge >= 0.3 is 11.1 Å². The highest BCUT2D eigenvalue weighted by atomic mass is 32.1. The molecule has 40 heavy (non-hydrogen) atoms. The van der Waals surface area contributed by atoms with E-state index in [1.54, 1.807) is 12.1 Å². The van der Waals surface area contributed by atoms with Crippen molar-refractivity contribution < 1.29 is 23.6 Å². The Morgan fingerprint density at radius 2 is 1.77 bits per heavy atom. The molecule has 0 aliphatic carbocycles. The number of ether oxygens (including phenoxy) is 1. The van der Waals surface area contributed by atoms with Crippen molar-refractivity contribution >= 4 is 45.4 Å². The number of benzene rings is 1. The van der Waals surface area contributed by atoms with Crippen LogP contribution in [0.25, 0.3) is 0 Å². The van der Waals surface area contributed by atoms with Crippen LogP contribution in [-0.2, 0) is 16.1 Å². The summed E-state index contributed by atoms with van der Waals surface area (Å²) >= 11 is 1.24. The van der Waals surface area contributed by atoms with Crippen molar-refractivity contribution in [2.24, 2.45) is 0 Å². The van der Waals surface area contributed by atoms with E-state index in [1.165, 1.54) is 29.2 Å². The average Bonchev–Trinajstić information content (AvgIpc) is 3.52. The fourth-order valence-electron chi connectivity index (χ4n) is 5.29. The molecule has 3 aliphatic rings. The Hall–Kier alpha value is -3.49. The number of halogens is 1. The van der Waals surface area contributed by atoms with E-state index < -0.39 is 18.0 Å². The molecule has 2 amide bonds. The van der Waals surface area contributed by atoms with Crippen LogP contribution in [0.1, 0.15) is 11.8 Å². The van der Waals surface area contributed by atoms with Gasteiger partial charge in [-0.1, -0.05) is 11.3 Å². The second kappa shape index (κ2) is 11.9. The van der Waals surface area contributed by atoms with Gasteiger partial charge in [0.25, 0.3) is 0 Å². The highest BCUT2D eigenvalue weighted by Gasteiger charge is 2.33. The molecule has 5 rings (SSSR count). The third kappa shape index (κ3) is 6.29. The van der Waals surface area contributed by atoms with Crippen LogP contribution in [0.4, 0.5) is 31.2 Å². The molecule has 0 saturated carbocycles. The number of likely N-dealkylation sites (N-methyl/N-ethyl adjacent to an activating group) is 1. The first-order valence-corrected chi connectivity index (χ1v) is 14.2. The number of piperazine rings is 2. The van der Waals surface area contributed by atoms with Crippen LogP contribution < -0.4 is 20.0 Å². The molecule has 216 valence electrons. The second-order valence-corrected chi connectivity index (χ2v) is 11.5. The zero-order valence-electron chi connectivity index (χ0n) is 22.7. The van der Waals surface area contributed by atoms with Gasteiger partial charge in [0.2, 0.25) is 5.91 Å². The van der Waals surface area contributed by atoms with E-state index >= 15 is 4.39 Å². The highest BCUT2D eigenvalue weighted by molar-refractivity contribution is 7.16. The van der Waals surface area contributed by atoms with E-state index in [4.69, 9.17) is 4.74 Å². The Kier molecular flexibility index (Phi) is 8.38. The molecule has 0 radical (unpaired) electrons. The third-order valence-corrected chi connectivity index (χ3v) is 8.60. The van der Waals surface area contributed by atoms with Gasteiger partial charge in [0.15, 0.2) is 0 Å². The number of nitro groups is 1. The molecule has 0 unspecified atom stereocenters. The van der Waals surface area contributed by atoms with Crippen molar-refractivity contribution in [2.45, 2.75) is 19.6 Å². The maximum absolute atomic E-state index is 15.2. The van der Waals surface area contributed by atoms with E-state index in [1.807, 2.05) is 11.0 Å². The van der Waals surface area contributed by atoms with Gasteiger partial charge in [-0.05, 0) is 31.3 Å².